The molecular weight excluding hydrogens is 412 g/mol. The van der Waals surface area contributed by atoms with Gasteiger partial charge in [-0.2, -0.15) is 0 Å². The van der Waals surface area contributed by atoms with Crippen LogP contribution in [0.25, 0.3) is 0 Å². The predicted molar refractivity (Wildman–Crippen MR) is 128 cm³/mol. The Hall–Kier alpha value is -2.73. The average Bonchev–Trinajstić information content (AvgIpc) is 3.35. The van der Waals surface area contributed by atoms with Crippen LogP contribution in [-0.2, 0) is 17.8 Å². The van der Waals surface area contributed by atoms with Gasteiger partial charge in [-0.3, -0.25) is 19.5 Å². The van der Waals surface area contributed by atoms with E-state index in [0.29, 0.717) is 13.1 Å². The molecular formula is C27H34N4O2. The second-order valence-corrected chi connectivity index (χ2v) is 10.1. The minimum Gasteiger partial charge on any atom is -0.356 e. The van der Waals surface area contributed by atoms with Crippen LogP contribution in [0.1, 0.15) is 54.1 Å². The molecule has 3 aliphatic heterocycles. The molecule has 2 aromatic rings. The van der Waals surface area contributed by atoms with Crippen molar-refractivity contribution in [2.75, 3.05) is 32.7 Å². The van der Waals surface area contributed by atoms with Crippen LogP contribution >= 0.6 is 0 Å². The summed E-state index contributed by atoms with van der Waals surface area (Å²) >= 11 is 0. The van der Waals surface area contributed by atoms with Crippen LogP contribution in [0.3, 0.4) is 0 Å². The molecule has 2 spiro atoms. The molecule has 6 nitrogen and oxygen atoms in total. The number of pyridine rings is 1. The first-order chi connectivity index (χ1) is 16.1. The SMILES string of the molecule is CCCc1ccc(C(=O)N2CCC3(CC2)CN(Cc2cccnc2)C[C@@]32CCNC2=O)cc1. The Morgan fingerprint density at radius 1 is 1.06 bits per heavy atom. The van der Waals surface area contributed by atoms with Gasteiger partial charge in [0.15, 0.2) is 0 Å². The first kappa shape index (κ1) is 22.1. The molecule has 1 atom stereocenters. The number of hydrogen-bond donors (Lipinski definition) is 1. The zero-order chi connectivity index (χ0) is 22.9. The maximum Gasteiger partial charge on any atom is 0.253 e. The van der Waals surface area contributed by atoms with E-state index in [0.717, 1.165) is 63.8 Å². The van der Waals surface area contributed by atoms with Gasteiger partial charge in [-0.1, -0.05) is 31.5 Å². The number of rotatable bonds is 5. The maximum absolute atomic E-state index is 13.2. The van der Waals surface area contributed by atoms with Gasteiger partial charge in [0.1, 0.15) is 0 Å². The van der Waals surface area contributed by atoms with Gasteiger partial charge in [-0.25, -0.2) is 0 Å². The molecule has 0 radical (unpaired) electrons. The van der Waals surface area contributed by atoms with Gasteiger partial charge in [0, 0.05) is 62.6 Å². The summed E-state index contributed by atoms with van der Waals surface area (Å²) in [5.41, 5.74) is 2.82. The molecule has 174 valence electrons. The first-order valence-corrected chi connectivity index (χ1v) is 12.3. The highest BCUT2D eigenvalue weighted by atomic mass is 16.2. The quantitative estimate of drug-likeness (QED) is 0.766. The number of nitrogens with one attached hydrogen (secondary N) is 1. The van der Waals surface area contributed by atoms with Crippen molar-refractivity contribution in [1.82, 2.24) is 20.1 Å². The van der Waals surface area contributed by atoms with E-state index in [1.807, 2.05) is 29.3 Å². The molecule has 6 heteroatoms. The van der Waals surface area contributed by atoms with Crippen LogP contribution < -0.4 is 5.32 Å². The molecule has 1 aromatic carbocycles. The number of likely N-dealkylation sites (tertiary alicyclic amines) is 2. The Morgan fingerprint density at radius 3 is 2.48 bits per heavy atom. The van der Waals surface area contributed by atoms with E-state index in [2.05, 4.69) is 40.3 Å². The second kappa shape index (κ2) is 8.90. The Morgan fingerprint density at radius 2 is 1.85 bits per heavy atom. The van der Waals surface area contributed by atoms with Gasteiger partial charge >= 0.3 is 0 Å². The van der Waals surface area contributed by atoms with Crippen molar-refractivity contribution in [2.45, 2.75) is 45.6 Å². The van der Waals surface area contributed by atoms with Crippen LogP contribution in [-0.4, -0.2) is 59.3 Å². The van der Waals surface area contributed by atoms with Crippen molar-refractivity contribution >= 4 is 11.8 Å². The summed E-state index contributed by atoms with van der Waals surface area (Å²) in [6.45, 7) is 6.87. The molecule has 2 amide bonds. The van der Waals surface area contributed by atoms with Gasteiger partial charge in [0.25, 0.3) is 5.91 Å². The number of piperidine rings is 1. The lowest BCUT2D eigenvalue weighted by atomic mass is 9.60. The van der Waals surface area contributed by atoms with E-state index in [1.165, 1.54) is 11.1 Å². The normalized spacial score (nSPS) is 24.5. The topological polar surface area (TPSA) is 65.5 Å². The first-order valence-electron chi connectivity index (χ1n) is 12.3. The molecule has 0 saturated carbocycles. The summed E-state index contributed by atoms with van der Waals surface area (Å²) in [7, 11) is 0. The Kier molecular flexibility index (Phi) is 5.95. The average molecular weight is 447 g/mol. The zero-order valence-electron chi connectivity index (χ0n) is 19.6. The molecule has 0 aliphatic carbocycles. The van der Waals surface area contributed by atoms with E-state index in [-0.39, 0.29) is 22.6 Å². The Labute approximate surface area is 196 Å². The number of hydrogen-bond acceptors (Lipinski definition) is 4. The van der Waals surface area contributed by atoms with Crippen LogP contribution in [0.5, 0.6) is 0 Å². The van der Waals surface area contributed by atoms with Crippen LogP contribution in [0.4, 0.5) is 0 Å². The van der Waals surface area contributed by atoms with Crippen molar-refractivity contribution in [3.63, 3.8) is 0 Å². The summed E-state index contributed by atoms with van der Waals surface area (Å²) in [6.07, 6.45) is 8.51. The molecule has 4 heterocycles. The second-order valence-electron chi connectivity index (χ2n) is 10.1. The number of aryl methyl sites for hydroxylation is 1. The third-order valence-corrected chi connectivity index (χ3v) is 8.18. The third kappa shape index (κ3) is 3.95. The van der Waals surface area contributed by atoms with Crippen molar-refractivity contribution in [2.24, 2.45) is 10.8 Å². The van der Waals surface area contributed by atoms with E-state index >= 15 is 0 Å². The molecule has 1 N–H and O–H groups in total. The molecule has 5 rings (SSSR count). The van der Waals surface area contributed by atoms with Crippen molar-refractivity contribution in [1.29, 1.82) is 0 Å². The molecule has 0 unspecified atom stereocenters. The Bertz CT molecular complexity index is 999. The summed E-state index contributed by atoms with van der Waals surface area (Å²) in [5.74, 6) is 0.325. The van der Waals surface area contributed by atoms with Gasteiger partial charge in [0.2, 0.25) is 5.91 Å². The number of amides is 2. The van der Waals surface area contributed by atoms with E-state index in [4.69, 9.17) is 0 Å². The van der Waals surface area contributed by atoms with Crippen molar-refractivity contribution < 1.29 is 9.59 Å². The molecule has 0 bridgehead atoms. The Balaban J connectivity index is 1.31. The van der Waals surface area contributed by atoms with E-state index in [9.17, 15) is 9.59 Å². The zero-order valence-corrected chi connectivity index (χ0v) is 19.6. The van der Waals surface area contributed by atoms with E-state index < -0.39 is 0 Å². The molecule has 1 aromatic heterocycles. The summed E-state index contributed by atoms with van der Waals surface area (Å²) in [6, 6.07) is 12.2. The largest absolute Gasteiger partial charge is 0.356 e. The minimum absolute atomic E-state index is 0.0719. The van der Waals surface area contributed by atoms with Gasteiger partial charge in [-0.15, -0.1) is 0 Å². The molecule has 3 aliphatic rings. The van der Waals surface area contributed by atoms with Crippen LogP contribution in [0.2, 0.25) is 0 Å². The van der Waals surface area contributed by atoms with Gasteiger partial charge < -0.3 is 10.2 Å². The lowest BCUT2D eigenvalue weighted by Crippen LogP contribution is -2.53. The lowest BCUT2D eigenvalue weighted by Gasteiger charge is -2.46. The monoisotopic (exact) mass is 446 g/mol. The number of benzene rings is 1. The maximum atomic E-state index is 13.2. The summed E-state index contributed by atoms with van der Waals surface area (Å²) < 4.78 is 0. The van der Waals surface area contributed by atoms with Crippen molar-refractivity contribution in [3.8, 4) is 0 Å². The molecule has 3 saturated heterocycles. The summed E-state index contributed by atoms with van der Waals surface area (Å²) in [5, 5.41) is 3.13. The van der Waals surface area contributed by atoms with E-state index in [1.54, 1.807) is 6.20 Å². The number of fused-ring (bicyclic) bond motifs is 1. The number of carbonyl (C=O) groups is 2. The highest BCUT2D eigenvalue weighted by Gasteiger charge is 2.63. The fourth-order valence-corrected chi connectivity index (χ4v) is 6.44. The fraction of sp³-hybridized carbons (Fsp3) is 0.519. The smallest absolute Gasteiger partial charge is 0.253 e. The molecule has 3 fully saturated rings. The summed E-state index contributed by atoms with van der Waals surface area (Å²) in [4.78, 5) is 35.0. The number of nitrogens with zero attached hydrogens (tertiary/aromatic N) is 3. The molecule has 33 heavy (non-hydrogen) atoms. The highest BCUT2D eigenvalue weighted by molar-refractivity contribution is 5.94. The highest BCUT2D eigenvalue weighted by Crippen LogP contribution is 2.56. The predicted octanol–water partition coefficient (Wildman–Crippen LogP) is 3.28. The van der Waals surface area contributed by atoms with Crippen LogP contribution in [0, 0.1) is 10.8 Å². The van der Waals surface area contributed by atoms with Crippen molar-refractivity contribution in [3.05, 3.63) is 65.5 Å². The fourth-order valence-electron chi connectivity index (χ4n) is 6.44. The minimum atomic E-state index is -0.341. The number of carbonyl (C=O) groups excluding carboxylic acids is 2. The van der Waals surface area contributed by atoms with Crippen LogP contribution in [0.15, 0.2) is 48.8 Å². The van der Waals surface area contributed by atoms with Gasteiger partial charge in [0.05, 0.1) is 5.41 Å². The third-order valence-electron chi connectivity index (χ3n) is 8.18. The number of aromatic nitrogens is 1. The lowest BCUT2D eigenvalue weighted by molar-refractivity contribution is -0.133. The standard InChI is InChI=1S/C27H34N4O2/c1-2-4-21-6-8-23(9-7-21)24(32)31-15-11-26(12-16-31)19-30(18-22-5-3-13-28-17-22)20-27(26)10-14-29-25(27)33/h3,5-9,13,17H,2,4,10-12,14-16,18-20H2,1H3,(H,29,33)/t27-/m1/s1. The van der Waals surface area contributed by atoms with Gasteiger partial charge in [-0.05, 0) is 55.0 Å².